The Kier molecular flexibility index (Phi) is 5.98. The zero-order chi connectivity index (χ0) is 16.0. The Hall–Kier alpha value is -1.80. The fraction of sp³-hybridized carbons (Fsp3) is 0.462. The van der Waals surface area contributed by atoms with E-state index in [-0.39, 0.29) is 5.69 Å². The highest BCUT2D eigenvalue weighted by molar-refractivity contribution is 5.90. The minimum absolute atomic E-state index is 0.318. The number of amides is 2. The summed E-state index contributed by atoms with van der Waals surface area (Å²) in [6.45, 7) is 1.60. The van der Waals surface area contributed by atoms with Gasteiger partial charge in [-0.25, -0.2) is 4.79 Å². The van der Waals surface area contributed by atoms with Crippen molar-refractivity contribution in [2.75, 3.05) is 19.5 Å². The van der Waals surface area contributed by atoms with E-state index in [1.165, 1.54) is 32.4 Å². The predicted molar refractivity (Wildman–Crippen MR) is 70.9 cm³/mol. The molecule has 0 spiro atoms. The van der Waals surface area contributed by atoms with Crippen LogP contribution in [0.1, 0.15) is 12.5 Å². The first-order chi connectivity index (χ1) is 9.79. The lowest BCUT2D eigenvalue weighted by Gasteiger charge is -2.22. The van der Waals surface area contributed by atoms with E-state index < -0.39 is 30.1 Å². The number of methoxy groups -OCH3 is 2. The van der Waals surface area contributed by atoms with Crippen LogP contribution in [0.4, 0.5) is 23.7 Å². The molecule has 2 amide bonds. The highest BCUT2D eigenvalue weighted by atomic mass is 19.4. The Balaban J connectivity index is 2.76. The Morgan fingerprint density at radius 3 is 2.29 bits per heavy atom. The average Bonchev–Trinajstić information content (AvgIpc) is 2.39. The molecule has 0 saturated heterocycles. The summed E-state index contributed by atoms with van der Waals surface area (Å²) in [5.41, 5.74) is -1.23. The normalized spacial score (nSPS) is 13.1. The highest BCUT2D eigenvalue weighted by Gasteiger charge is 2.33. The van der Waals surface area contributed by atoms with Gasteiger partial charge in [-0.3, -0.25) is 0 Å². The van der Waals surface area contributed by atoms with Crippen LogP contribution in [0, 0.1) is 0 Å². The van der Waals surface area contributed by atoms with Crippen LogP contribution in [0.15, 0.2) is 24.3 Å². The predicted octanol–water partition coefficient (Wildman–Crippen LogP) is 2.83. The molecule has 0 saturated carbocycles. The van der Waals surface area contributed by atoms with Crippen LogP contribution in [-0.4, -0.2) is 32.6 Å². The lowest BCUT2D eigenvalue weighted by Crippen LogP contribution is -2.44. The second kappa shape index (κ2) is 7.28. The lowest BCUT2D eigenvalue weighted by molar-refractivity contribution is -0.136. The van der Waals surface area contributed by atoms with E-state index in [0.717, 1.165) is 6.07 Å². The molecule has 0 aromatic heterocycles. The summed E-state index contributed by atoms with van der Waals surface area (Å²) in [5.74, 6) is 0. The molecule has 0 radical (unpaired) electrons. The summed E-state index contributed by atoms with van der Waals surface area (Å²) in [7, 11) is 2.78. The van der Waals surface area contributed by atoms with Crippen molar-refractivity contribution in [3.05, 3.63) is 29.8 Å². The number of urea groups is 1. The van der Waals surface area contributed by atoms with Gasteiger partial charge in [0.1, 0.15) is 0 Å². The first-order valence-electron chi connectivity index (χ1n) is 6.09. The summed E-state index contributed by atoms with van der Waals surface area (Å²) in [6.07, 6.45) is -5.24. The van der Waals surface area contributed by atoms with Crippen LogP contribution in [0.3, 0.4) is 0 Å². The number of anilines is 1. The zero-order valence-corrected chi connectivity index (χ0v) is 11.8. The SMILES string of the molecule is COC(OC)C(C)NC(=O)Nc1ccccc1C(F)(F)F. The third-order valence-electron chi connectivity index (χ3n) is 2.71. The molecule has 8 heteroatoms. The van der Waals surface area contributed by atoms with Crippen molar-refractivity contribution < 1.29 is 27.4 Å². The summed E-state index contributed by atoms with van der Waals surface area (Å²) in [4.78, 5) is 11.7. The van der Waals surface area contributed by atoms with Crippen LogP contribution >= 0.6 is 0 Å². The van der Waals surface area contributed by atoms with Crippen molar-refractivity contribution in [1.29, 1.82) is 0 Å². The molecular weight excluding hydrogens is 289 g/mol. The average molecular weight is 306 g/mol. The highest BCUT2D eigenvalue weighted by Crippen LogP contribution is 2.34. The van der Waals surface area contributed by atoms with Crippen LogP contribution in [0.25, 0.3) is 0 Å². The number of benzene rings is 1. The quantitative estimate of drug-likeness (QED) is 0.822. The first kappa shape index (κ1) is 17.3. The molecule has 1 aromatic carbocycles. The van der Waals surface area contributed by atoms with Gasteiger partial charge in [0.25, 0.3) is 0 Å². The molecule has 1 unspecified atom stereocenters. The molecule has 5 nitrogen and oxygen atoms in total. The number of halogens is 3. The number of rotatable bonds is 5. The standard InChI is InChI=1S/C13H17F3N2O3/c1-8(11(20-2)21-3)17-12(19)18-10-7-5-4-6-9(10)13(14,15)16/h4-8,11H,1-3H3,(H2,17,18,19). The fourth-order valence-corrected chi connectivity index (χ4v) is 1.78. The molecule has 1 aromatic rings. The Morgan fingerprint density at radius 2 is 1.76 bits per heavy atom. The molecule has 0 heterocycles. The van der Waals surface area contributed by atoms with E-state index >= 15 is 0 Å². The lowest BCUT2D eigenvalue weighted by atomic mass is 10.1. The molecule has 1 atom stereocenters. The third kappa shape index (κ3) is 4.91. The summed E-state index contributed by atoms with van der Waals surface area (Å²) >= 11 is 0. The molecule has 0 aliphatic heterocycles. The van der Waals surface area contributed by atoms with E-state index in [4.69, 9.17) is 9.47 Å². The first-order valence-corrected chi connectivity index (χ1v) is 6.09. The second-order valence-corrected chi connectivity index (χ2v) is 4.27. The van der Waals surface area contributed by atoms with Crippen molar-refractivity contribution in [1.82, 2.24) is 5.32 Å². The van der Waals surface area contributed by atoms with Crippen LogP contribution < -0.4 is 10.6 Å². The topological polar surface area (TPSA) is 59.6 Å². The van der Waals surface area contributed by atoms with Gasteiger partial charge in [-0.05, 0) is 19.1 Å². The van der Waals surface area contributed by atoms with Crippen molar-refractivity contribution in [3.8, 4) is 0 Å². The van der Waals surface area contributed by atoms with E-state index in [9.17, 15) is 18.0 Å². The number of para-hydroxylation sites is 1. The fourth-order valence-electron chi connectivity index (χ4n) is 1.78. The number of nitrogens with one attached hydrogen (secondary N) is 2. The molecule has 1 rings (SSSR count). The van der Waals surface area contributed by atoms with Crippen molar-refractivity contribution in [3.63, 3.8) is 0 Å². The summed E-state index contributed by atoms with van der Waals surface area (Å²) < 4.78 is 48.3. The van der Waals surface area contributed by atoms with Gasteiger partial charge in [0.2, 0.25) is 0 Å². The zero-order valence-electron chi connectivity index (χ0n) is 11.8. The Morgan fingerprint density at radius 1 is 1.19 bits per heavy atom. The number of hydrogen-bond acceptors (Lipinski definition) is 3. The molecule has 0 fully saturated rings. The van der Waals surface area contributed by atoms with Gasteiger partial charge < -0.3 is 20.1 Å². The van der Waals surface area contributed by atoms with Gasteiger partial charge in [0, 0.05) is 14.2 Å². The Bertz CT molecular complexity index is 476. The van der Waals surface area contributed by atoms with Gasteiger partial charge >= 0.3 is 12.2 Å². The smallest absolute Gasteiger partial charge is 0.354 e. The van der Waals surface area contributed by atoms with Crippen LogP contribution in [-0.2, 0) is 15.7 Å². The van der Waals surface area contributed by atoms with E-state index in [2.05, 4.69) is 10.6 Å². The van der Waals surface area contributed by atoms with Crippen molar-refractivity contribution in [2.45, 2.75) is 25.4 Å². The van der Waals surface area contributed by atoms with E-state index in [0.29, 0.717) is 0 Å². The molecule has 118 valence electrons. The molecule has 0 aliphatic rings. The summed E-state index contributed by atoms with van der Waals surface area (Å²) in [6, 6.07) is 3.40. The van der Waals surface area contributed by atoms with Crippen molar-refractivity contribution in [2.24, 2.45) is 0 Å². The van der Waals surface area contributed by atoms with Gasteiger partial charge in [0.15, 0.2) is 6.29 Å². The number of carbonyl (C=O) groups excluding carboxylic acids is 1. The number of hydrogen-bond donors (Lipinski definition) is 2. The van der Waals surface area contributed by atoms with Gasteiger partial charge in [-0.2, -0.15) is 13.2 Å². The minimum Gasteiger partial charge on any atom is -0.354 e. The maximum Gasteiger partial charge on any atom is 0.418 e. The van der Waals surface area contributed by atoms with Crippen LogP contribution in [0.2, 0.25) is 0 Å². The van der Waals surface area contributed by atoms with Gasteiger partial charge in [-0.15, -0.1) is 0 Å². The van der Waals surface area contributed by atoms with Gasteiger partial charge in [-0.1, -0.05) is 12.1 Å². The number of ether oxygens (including phenoxy) is 2. The summed E-state index contributed by atoms with van der Waals surface area (Å²) in [5, 5.41) is 4.61. The maximum absolute atomic E-state index is 12.8. The van der Waals surface area contributed by atoms with Gasteiger partial charge in [0.05, 0.1) is 17.3 Å². The second-order valence-electron chi connectivity index (χ2n) is 4.27. The van der Waals surface area contributed by atoms with Crippen molar-refractivity contribution >= 4 is 11.7 Å². The van der Waals surface area contributed by atoms with Crippen LogP contribution in [0.5, 0.6) is 0 Å². The Labute approximate surface area is 120 Å². The number of carbonyl (C=O) groups is 1. The molecular formula is C13H17F3N2O3. The monoisotopic (exact) mass is 306 g/mol. The largest absolute Gasteiger partial charge is 0.418 e. The molecule has 0 bridgehead atoms. The number of alkyl halides is 3. The van der Waals surface area contributed by atoms with E-state index in [1.807, 2.05) is 0 Å². The molecule has 0 aliphatic carbocycles. The van der Waals surface area contributed by atoms with E-state index in [1.54, 1.807) is 6.92 Å². The third-order valence-corrected chi connectivity index (χ3v) is 2.71. The molecule has 2 N–H and O–H groups in total. The molecule has 21 heavy (non-hydrogen) atoms. The maximum atomic E-state index is 12.8. The minimum atomic E-state index is -4.54.